The summed E-state index contributed by atoms with van der Waals surface area (Å²) >= 11 is 0. The van der Waals surface area contributed by atoms with Crippen molar-refractivity contribution in [3.8, 4) is 5.75 Å². The van der Waals surface area contributed by atoms with Gasteiger partial charge in [-0.15, -0.1) is 0 Å². The molecule has 0 aliphatic rings. The first kappa shape index (κ1) is 24.6. The number of ether oxygens (including phenoxy) is 1. The van der Waals surface area contributed by atoms with Gasteiger partial charge in [0, 0.05) is 12.1 Å². The Morgan fingerprint density at radius 3 is 1.71 bits per heavy atom. The summed E-state index contributed by atoms with van der Waals surface area (Å²) in [6, 6.07) is 5.48. The summed E-state index contributed by atoms with van der Waals surface area (Å²) in [6.07, 6.45) is 1.37. The summed E-state index contributed by atoms with van der Waals surface area (Å²) in [6.45, 7) is 15.8. The molecule has 0 saturated carbocycles. The molecule has 2 unspecified atom stereocenters. The van der Waals surface area contributed by atoms with Gasteiger partial charge in [-0.25, -0.2) is 8.42 Å². The van der Waals surface area contributed by atoms with Crippen molar-refractivity contribution in [2.45, 2.75) is 92.2 Å². The first-order valence-electron chi connectivity index (χ1n) is 10.3. The first-order valence-corrected chi connectivity index (χ1v) is 11.9. The van der Waals surface area contributed by atoms with E-state index in [0.29, 0.717) is 18.6 Å². The number of rotatable bonds is 10. The second kappa shape index (κ2) is 10.4. The lowest BCUT2D eigenvalue weighted by molar-refractivity contribution is -0.131. The normalized spacial score (nSPS) is 14.5. The highest BCUT2D eigenvalue weighted by molar-refractivity contribution is 7.89. The number of carbonyl (C=O) groups excluding carboxylic acids is 1. The molecule has 0 heterocycles. The van der Waals surface area contributed by atoms with E-state index in [-0.39, 0.29) is 23.9 Å². The monoisotopic (exact) mass is 411 g/mol. The molecule has 5 nitrogen and oxygen atoms in total. The van der Waals surface area contributed by atoms with Crippen LogP contribution in [0.5, 0.6) is 5.75 Å². The molecule has 0 bridgehead atoms. The number of hydrogen-bond acceptors (Lipinski definition) is 4. The second-order valence-corrected chi connectivity index (χ2v) is 10.0. The maximum atomic E-state index is 13.0. The van der Waals surface area contributed by atoms with Crippen LogP contribution in [0, 0.1) is 0 Å². The second-order valence-electron chi connectivity index (χ2n) is 8.15. The molecule has 0 N–H and O–H groups in total. The van der Waals surface area contributed by atoms with Gasteiger partial charge < -0.3 is 4.74 Å². The lowest BCUT2D eigenvalue weighted by Gasteiger charge is -2.32. The Morgan fingerprint density at radius 2 is 1.36 bits per heavy atom. The summed E-state index contributed by atoms with van der Waals surface area (Å²) in [5.41, 5.74) is 1.83. The Kier molecular flexibility index (Phi) is 9.15. The fourth-order valence-electron chi connectivity index (χ4n) is 3.31. The Balaban J connectivity index is 3.18. The van der Waals surface area contributed by atoms with Gasteiger partial charge >= 0.3 is 5.97 Å². The third kappa shape index (κ3) is 6.05. The summed E-state index contributed by atoms with van der Waals surface area (Å²) in [5, 5.41) is 0. The van der Waals surface area contributed by atoms with Crippen LogP contribution >= 0.6 is 0 Å². The van der Waals surface area contributed by atoms with Crippen LogP contribution in [-0.4, -0.2) is 36.5 Å². The fourth-order valence-corrected chi connectivity index (χ4v) is 5.21. The van der Waals surface area contributed by atoms with Gasteiger partial charge in [-0.3, -0.25) is 4.79 Å². The zero-order valence-corrected chi connectivity index (χ0v) is 19.5. The van der Waals surface area contributed by atoms with Gasteiger partial charge in [0.05, 0.1) is 0 Å². The topological polar surface area (TPSA) is 63.7 Å². The zero-order chi connectivity index (χ0) is 21.6. The Labute approximate surface area is 171 Å². The summed E-state index contributed by atoms with van der Waals surface area (Å²) in [5.74, 6) is -0.548. The average Bonchev–Trinajstić information content (AvgIpc) is 2.60. The number of sulfonamides is 1. The van der Waals surface area contributed by atoms with E-state index in [1.54, 1.807) is 0 Å². The molecule has 2 atom stereocenters. The van der Waals surface area contributed by atoms with E-state index < -0.39 is 21.7 Å². The molecule has 28 heavy (non-hydrogen) atoms. The first-order chi connectivity index (χ1) is 13.0. The van der Waals surface area contributed by atoms with Crippen molar-refractivity contribution >= 4 is 16.0 Å². The lowest BCUT2D eigenvalue weighted by Crippen LogP contribution is -2.46. The number of carbonyl (C=O) groups is 1. The Morgan fingerprint density at radius 1 is 0.929 bits per heavy atom. The molecule has 0 aliphatic carbocycles. The van der Waals surface area contributed by atoms with Crippen molar-refractivity contribution in [2.24, 2.45) is 0 Å². The summed E-state index contributed by atoms with van der Waals surface area (Å²) < 4.78 is 33.1. The molecular weight excluding hydrogens is 374 g/mol. The van der Waals surface area contributed by atoms with E-state index in [4.69, 9.17) is 4.74 Å². The van der Waals surface area contributed by atoms with Crippen molar-refractivity contribution in [2.75, 3.05) is 5.75 Å². The van der Waals surface area contributed by atoms with Crippen LogP contribution in [0.1, 0.15) is 91.2 Å². The highest BCUT2D eigenvalue weighted by atomic mass is 32.2. The van der Waals surface area contributed by atoms with Crippen LogP contribution in [0.15, 0.2) is 18.2 Å². The van der Waals surface area contributed by atoms with Crippen LogP contribution in [0.25, 0.3) is 0 Å². The minimum atomic E-state index is -3.77. The molecule has 0 aliphatic heterocycles. The van der Waals surface area contributed by atoms with Gasteiger partial charge in [-0.05, 0) is 49.7 Å². The van der Waals surface area contributed by atoms with E-state index in [1.165, 1.54) is 4.31 Å². The molecule has 6 heteroatoms. The van der Waals surface area contributed by atoms with Gasteiger partial charge in [0.1, 0.15) is 5.75 Å². The molecule has 0 radical (unpaired) electrons. The smallest absolute Gasteiger partial charge is 0.328 e. The van der Waals surface area contributed by atoms with Gasteiger partial charge in [0.25, 0.3) is 0 Å². The number of nitrogens with zero attached hydrogens (tertiary/aromatic N) is 1. The van der Waals surface area contributed by atoms with E-state index in [0.717, 1.165) is 11.1 Å². The van der Waals surface area contributed by atoms with Crippen LogP contribution in [-0.2, 0) is 14.8 Å². The lowest BCUT2D eigenvalue weighted by atomic mass is 9.94. The van der Waals surface area contributed by atoms with E-state index >= 15 is 0 Å². The van der Waals surface area contributed by atoms with E-state index in [9.17, 15) is 13.2 Å². The minimum Gasteiger partial charge on any atom is -0.425 e. The van der Waals surface area contributed by atoms with Gasteiger partial charge in [0.15, 0.2) is 5.75 Å². The third-order valence-corrected chi connectivity index (χ3v) is 7.17. The highest BCUT2D eigenvalue weighted by Crippen LogP contribution is 2.34. The van der Waals surface area contributed by atoms with Crippen LogP contribution < -0.4 is 4.74 Å². The molecule has 1 rings (SSSR count). The van der Waals surface area contributed by atoms with E-state index in [1.807, 2.05) is 73.6 Å². The molecular formula is C22H37NO4S. The fraction of sp³-hybridized carbons (Fsp3) is 0.682. The van der Waals surface area contributed by atoms with Crippen LogP contribution in [0.4, 0.5) is 0 Å². The van der Waals surface area contributed by atoms with Gasteiger partial charge in [-0.2, -0.15) is 4.31 Å². The zero-order valence-electron chi connectivity index (χ0n) is 18.7. The van der Waals surface area contributed by atoms with Crippen molar-refractivity contribution in [3.05, 3.63) is 29.3 Å². The van der Waals surface area contributed by atoms with Crippen molar-refractivity contribution < 1.29 is 17.9 Å². The molecule has 0 saturated heterocycles. The number of esters is 1. The van der Waals surface area contributed by atoms with Gasteiger partial charge in [0.2, 0.25) is 10.0 Å². The maximum Gasteiger partial charge on any atom is 0.328 e. The number of para-hydroxylation sites is 1. The molecule has 1 aromatic rings. The van der Waals surface area contributed by atoms with Crippen LogP contribution in [0.3, 0.4) is 0 Å². The minimum absolute atomic E-state index is 0.162. The summed E-state index contributed by atoms with van der Waals surface area (Å²) in [4.78, 5) is 12.7. The maximum absolute atomic E-state index is 13.0. The highest BCUT2D eigenvalue weighted by Gasteiger charge is 2.33. The number of hydrogen-bond donors (Lipinski definition) is 0. The summed E-state index contributed by atoms with van der Waals surface area (Å²) in [7, 11) is -3.77. The largest absolute Gasteiger partial charge is 0.425 e. The molecule has 160 valence electrons. The van der Waals surface area contributed by atoms with E-state index in [2.05, 4.69) is 0 Å². The predicted octanol–water partition coefficient (Wildman–Crippen LogP) is 5.07. The van der Waals surface area contributed by atoms with Crippen molar-refractivity contribution in [3.63, 3.8) is 0 Å². The molecule has 0 aromatic heterocycles. The molecule has 0 spiro atoms. The SMILES string of the molecule is CCC(C)N(C(C)CC)S(=O)(=O)CC(=O)Oc1c(C(C)C)cccc1C(C)C. The molecule has 1 aromatic carbocycles. The molecule has 0 amide bonds. The molecule has 0 fully saturated rings. The van der Waals surface area contributed by atoms with Crippen molar-refractivity contribution in [1.82, 2.24) is 4.31 Å². The van der Waals surface area contributed by atoms with Crippen LogP contribution in [0.2, 0.25) is 0 Å². The quantitative estimate of drug-likeness (QED) is 0.398. The predicted molar refractivity (Wildman–Crippen MR) is 115 cm³/mol. The average molecular weight is 412 g/mol. The number of benzene rings is 1. The third-order valence-electron chi connectivity index (χ3n) is 5.21. The Hall–Kier alpha value is -1.40. The Bertz CT molecular complexity index is 720. The van der Waals surface area contributed by atoms with Crippen molar-refractivity contribution in [1.29, 1.82) is 0 Å². The standard InChI is InChI=1S/C22H37NO4S/c1-9-17(7)23(18(8)10-2)28(25,26)14-21(24)27-22-19(15(3)4)12-11-13-20(22)16(5)6/h11-13,15-18H,9-10,14H2,1-8H3. The van der Waals surface area contributed by atoms with Gasteiger partial charge in [-0.1, -0.05) is 59.7 Å².